The summed E-state index contributed by atoms with van der Waals surface area (Å²) in [7, 11) is 1.71. The second-order valence-corrected chi connectivity index (χ2v) is 4.88. The molecular weight excluding hydrogens is 238 g/mol. The Kier molecular flexibility index (Phi) is 11.1. The molecule has 0 heterocycles. The molecule has 0 unspecified atom stereocenters. The largest absolute Gasteiger partial charge is 0.379 e. The van der Waals surface area contributed by atoms with E-state index < -0.39 is 0 Å². The Labute approximate surface area is 118 Å². The molecule has 1 aromatic carbocycles. The fourth-order valence-corrected chi connectivity index (χ4v) is 0.899. The molecule has 0 radical (unpaired) electrons. The third-order valence-corrected chi connectivity index (χ3v) is 2.34. The SMILES string of the molecule is CC.COC(C)(C)C.Cc1ccc(NC=O)cc1C. The van der Waals surface area contributed by atoms with E-state index in [9.17, 15) is 4.79 Å². The zero-order valence-electron chi connectivity index (χ0n) is 13.6. The molecular formula is C16H29NO2. The molecule has 0 spiro atoms. The molecule has 19 heavy (non-hydrogen) atoms. The van der Waals surface area contributed by atoms with E-state index in [0.717, 1.165) is 5.69 Å². The highest BCUT2D eigenvalue weighted by molar-refractivity contribution is 5.71. The van der Waals surface area contributed by atoms with Crippen molar-refractivity contribution in [2.45, 2.75) is 54.1 Å². The van der Waals surface area contributed by atoms with Gasteiger partial charge in [0, 0.05) is 12.8 Å². The van der Waals surface area contributed by atoms with Crippen molar-refractivity contribution < 1.29 is 9.53 Å². The zero-order chi connectivity index (χ0) is 15.5. The van der Waals surface area contributed by atoms with Crippen molar-refractivity contribution in [2.75, 3.05) is 12.4 Å². The molecule has 0 aromatic heterocycles. The second-order valence-electron chi connectivity index (χ2n) is 4.88. The maximum atomic E-state index is 10.1. The van der Waals surface area contributed by atoms with E-state index >= 15 is 0 Å². The molecule has 0 aliphatic carbocycles. The number of aryl methyl sites for hydroxylation is 2. The number of methoxy groups -OCH3 is 1. The molecule has 0 atom stereocenters. The molecule has 1 amide bonds. The van der Waals surface area contributed by atoms with Gasteiger partial charge in [0.05, 0.1) is 5.60 Å². The van der Waals surface area contributed by atoms with Gasteiger partial charge in [-0.05, 0) is 57.9 Å². The van der Waals surface area contributed by atoms with Crippen molar-refractivity contribution in [1.82, 2.24) is 0 Å². The summed E-state index contributed by atoms with van der Waals surface area (Å²) < 4.78 is 4.94. The Morgan fingerprint density at radius 3 is 1.89 bits per heavy atom. The first kappa shape index (κ1) is 20.0. The second kappa shape index (κ2) is 10.6. The van der Waals surface area contributed by atoms with E-state index in [-0.39, 0.29) is 5.60 Å². The average molecular weight is 267 g/mol. The van der Waals surface area contributed by atoms with Crippen molar-refractivity contribution in [3.63, 3.8) is 0 Å². The predicted octanol–water partition coefficient (Wildman–Crippen LogP) is 4.33. The number of benzene rings is 1. The highest BCUT2D eigenvalue weighted by Gasteiger charge is 2.04. The summed E-state index contributed by atoms with van der Waals surface area (Å²) in [6.45, 7) is 14.1. The van der Waals surface area contributed by atoms with Crippen LogP contribution in [-0.4, -0.2) is 19.1 Å². The Balaban J connectivity index is 0. The van der Waals surface area contributed by atoms with Crippen molar-refractivity contribution in [3.8, 4) is 0 Å². The van der Waals surface area contributed by atoms with Gasteiger partial charge in [-0.25, -0.2) is 0 Å². The minimum Gasteiger partial charge on any atom is -0.379 e. The van der Waals surface area contributed by atoms with E-state index in [1.54, 1.807) is 7.11 Å². The summed E-state index contributed by atoms with van der Waals surface area (Å²) in [5.74, 6) is 0. The topological polar surface area (TPSA) is 38.3 Å². The van der Waals surface area contributed by atoms with Crippen LogP contribution in [-0.2, 0) is 9.53 Å². The van der Waals surface area contributed by atoms with Gasteiger partial charge < -0.3 is 10.1 Å². The third-order valence-electron chi connectivity index (χ3n) is 2.34. The Hall–Kier alpha value is -1.35. The molecule has 0 aliphatic heterocycles. The Morgan fingerprint density at radius 2 is 1.58 bits per heavy atom. The average Bonchev–Trinajstić information content (AvgIpc) is 2.37. The van der Waals surface area contributed by atoms with Crippen molar-refractivity contribution in [1.29, 1.82) is 0 Å². The van der Waals surface area contributed by atoms with E-state index in [1.165, 1.54) is 11.1 Å². The van der Waals surface area contributed by atoms with Gasteiger partial charge >= 0.3 is 0 Å². The van der Waals surface area contributed by atoms with E-state index in [2.05, 4.69) is 5.32 Å². The molecule has 1 rings (SSSR count). The van der Waals surface area contributed by atoms with Crippen molar-refractivity contribution in [3.05, 3.63) is 29.3 Å². The van der Waals surface area contributed by atoms with Crippen LogP contribution >= 0.6 is 0 Å². The summed E-state index contributed by atoms with van der Waals surface area (Å²) in [5.41, 5.74) is 3.32. The lowest BCUT2D eigenvalue weighted by atomic mass is 10.1. The number of nitrogens with one attached hydrogen (secondary N) is 1. The molecule has 3 heteroatoms. The van der Waals surface area contributed by atoms with E-state index in [0.29, 0.717) is 6.41 Å². The predicted molar refractivity (Wildman–Crippen MR) is 83.7 cm³/mol. The fraction of sp³-hybridized carbons (Fsp3) is 0.562. The maximum Gasteiger partial charge on any atom is 0.211 e. The van der Waals surface area contributed by atoms with Gasteiger partial charge in [-0.15, -0.1) is 0 Å². The quantitative estimate of drug-likeness (QED) is 0.810. The van der Waals surface area contributed by atoms with Gasteiger partial charge in [-0.3, -0.25) is 4.79 Å². The minimum atomic E-state index is 0.0417. The molecule has 3 nitrogen and oxygen atoms in total. The first-order valence-electron chi connectivity index (χ1n) is 6.62. The van der Waals surface area contributed by atoms with Crippen LogP contribution in [0.15, 0.2) is 18.2 Å². The van der Waals surface area contributed by atoms with Crippen molar-refractivity contribution >= 4 is 12.1 Å². The molecule has 1 N–H and O–H groups in total. The number of hydrogen-bond acceptors (Lipinski definition) is 2. The number of amides is 1. The minimum absolute atomic E-state index is 0.0417. The molecule has 0 saturated carbocycles. The van der Waals surface area contributed by atoms with Gasteiger partial charge in [0.1, 0.15) is 0 Å². The number of hydrogen-bond donors (Lipinski definition) is 1. The standard InChI is InChI=1S/C9H11NO.C5H12O.C2H6/c1-7-3-4-9(10-6-11)5-8(7)2;1-5(2,3)6-4;1-2/h3-6H,1-2H3,(H,10,11);1-4H3;1-2H3. The van der Waals surface area contributed by atoms with Gasteiger partial charge in [0.2, 0.25) is 6.41 Å². The summed E-state index contributed by atoms with van der Waals surface area (Å²) in [4.78, 5) is 10.1. The summed E-state index contributed by atoms with van der Waals surface area (Å²) in [5, 5.41) is 2.60. The summed E-state index contributed by atoms with van der Waals surface area (Å²) in [6.07, 6.45) is 0.685. The molecule has 0 aliphatic rings. The first-order valence-corrected chi connectivity index (χ1v) is 6.62. The van der Waals surface area contributed by atoms with Crippen LogP contribution in [0.3, 0.4) is 0 Å². The summed E-state index contributed by atoms with van der Waals surface area (Å²) >= 11 is 0. The molecule has 0 bridgehead atoms. The van der Waals surface area contributed by atoms with Crippen LogP contribution in [0, 0.1) is 13.8 Å². The number of rotatable bonds is 2. The number of carbonyl (C=O) groups is 1. The number of ether oxygens (including phenoxy) is 1. The maximum absolute atomic E-state index is 10.1. The highest BCUT2D eigenvalue weighted by atomic mass is 16.5. The van der Waals surface area contributed by atoms with Crippen LogP contribution < -0.4 is 5.32 Å². The van der Waals surface area contributed by atoms with Crippen LogP contribution in [0.4, 0.5) is 5.69 Å². The molecule has 0 fully saturated rings. The van der Waals surface area contributed by atoms with Crippen LogP contribution in [0.25, 0.3) is 0 Å². The Morgan fingerprint density at radius 1 is 1.11 bits per heavy atom. The number of anilines is 1. The van der Waals surface area contributed by atoms with Crippen LogP contribution in [0.1, 0.15) is 45.7 Å². The fourth-order valence-electron chi connectivity index (χ4n) is 0.899. The highest BCUT2D eigenvalue weighted by Crippen LogP contribution is 2.12. The van der Waals surface area contributed by atoms with E-state index in [1.807, 2.05) is 66.7 Å². The van der Waals surface area contributed by atoms with E-state index in [4.69, 9.17) is 4.74 Å². The zero-order valence-corrected chi connectivity index (χ0v) is 13.6. The van der Waals surface area contributed by atoms with Gasteiger partial charge in [-0.1, -0.05) is 19.9 Å². The third kappa shape index (κ3) is 11.5. The molecule has 0 saturated heterocycles. The molecule has 1 aromatic rings. The van der Waals surface area contributed by atoms with Gasteiger partial charge in [-0.2, -0.15) is 0 Å². The Bertz CT molecular complexity index is 354. The first-order chi connectivity index (χ1) is 8.80. The summed E-state index contributed by atoms with van der Waals surface area (Å²) in [6, 6.07) is 5.82. The lowest BCUT2D eigenvalue weighted by molar-refractivity contribution is -0.105. The monoisotopic (exact) mass is 267 g/mol. The van der Waals surface area contributed by atoms with Crippen LogP contribution in [0.5, 0.6) is 0 Å². The van der Waals surface area contributed by atoms with Gasteiger partial charge in [0.15, 0.2) is 0 Å². The smallest absolute Gasteiger partial charge is 0.211 e. The number of carbonyl (C=O) groups excluding carboxylic acids is 1. The lowest BCUT2D eigenvalue weighted by Crippen LogP contribution is -2.15. The molecule has 110 valence electrons. The lowest BCUT2D eigenvalue weighted by Gasteiger charge is -2.14. The van der Waals surface area contributed by atoms with Gasteiger partial charge in [0.25, 0.3) is 0 Å². The van der Waals surface area contributed by atoms with Crippen molar-refractivity contribution in [2.24, 2.45) is 0 Å². The van der Waals surface area contributed by atoms with Crippen LogP contribution in [0.2, 0.25) is 0 Å². The normalized spacial score (nSPS) is 9.47.